The summed E-state index contributed by atoms with van der Waals surface area (Å²) in [5.74, 6) is 2.76. The lowest BCUT2D eigenvalue weighted by Gasteiger charge is -2.01. The van der Waals surface area contributed by atoms with Crippen LogP contribution in [0.5, 0.6) is 0 Å². The average Bonchev–Trinajstić information content (AvgIpc) is 3.03. The van der Waals surface area contributed by atoms with Crippen molar-refractivity contribution in [3.63, 3.8) is 0 Å². The Morgan fingerprint density at radius 1 is 1.67 bits per heavy atom. The quantitative estimate of drug-likeness (QED) is 0.590. The molecule has 0 aromatic carbocycles. The summed E-state index contributed by atoms with van der Waals surface area (Å²) in [5, 5.41) is 9.61. The molecule has 96 valence electrons. The van der Waals surface area contributed by atoms with Crippen molar-refractivity contribution >= 4 is 5.91 Å². The molecule has 1 aromatic rings. The zero-order valence-electron chi connectivity index (χ0n) is 10.1. The number of terminal acetylenes is 1. The zero-order chi connectivity index (χ0) is 12.8. The Hall–Kier alpha value is -1.87. The Balaban J connectivity index is 1.85. The molecular weight excluding hydrogens is 232 g/mol. The molecule has 6 heteroatoms. The van der Waals surface area contributed by atoms with E-state index in [-0.39, 0.29) is 17.8 Å². The topological polar surface area (TPSA) is 80.0 Å². The van der Waals surface area contributed by atoms with Gasteiger partial charge in [0.05, 0.1) is 6.04 Å². The molecule has 1 aromatic heterocycles. The monoisotopic (exact) mass is 248 g/mol. The van der Waals surface area contributed by atoms with Crippen molar-refractivity contribution in [2.75, 3.05) is 13.1 Å². The third kappa shape index (κ3) is 3.08. The van der Waals surface area contributed by atoms with Crippen molar-refractivity contribution in [3.8, 4) is 12.3 Å². The van der Waals surface area contributed by atoms with Crippen molar-refractivity contribution < 1.29 is 9.32 Å². The minimum atomic E-state index is -0.319. The van der Waals surface area contributed by atoms with E-state index in [0.29, 0.717) is 18.9 Å². The summed E-state index contributed by atoms with van der Waals surface area (Å²) in [6.07, 6.45) is 8.56. The van der Waals surface area contributed by atoms with Gasteiger partial charge in [0.1, 0.15) is 0 Å². The van der Waals surface area contributed by atoms with Crippen LogP contribution in [0.2, 0.25) is 0 Å². The molecule has 1 amide bonds. The number of hydrogen-bond acceptors (Lipinski definition) is 5. The highest BCUT2D eigenvalue weighted by Crippen LogP contribution is 2.20. The molecule has 2 N–H and O–H groups in total. The number of nitrogens with one attached hydrogen (secondary N) is 2. The second kappa shape index (κ2) is 6.17. The van der Waals surface area contributed by atoms with Crippen LogP contribution in [0.1, 0.15) is 48.2 Å². The summed E-state index contributed by atoms with van der Waals surface area (Å²) in [6, 6.07) is 0.0838. The van der Waals surface area contributed by atoms with Gasteiger partial charge in [-0.05, 0) is 25.8 Å². The lowest BCUT2D eigenvalue weighted by Crippen LogP contribution is -2.25. The van der Waals surface area contributed by atoms with E-state index >= 15 is 0 Å². The number of hydrogen-bond donors (Lipinski definition) is 2. The van der Waals surface area contributed by atoms with Gasteiger partial charge >= 0.3 is 0 Å². The average molecular weight is 248 g/mol. The predicted molar refractivity (Wildman–Crippen MR) is 64.7 cm³/mol. The molecule has 0 bridgehead atoms. The van der Waals surface area contributed by atoms with E-state index in [0.717, 1.165) is 25.8 Å². The van der Waals surface area contributed by atoms with Crippen LogP contribution < -0.4 is 10.6 Å². The highest BCUT2D eigenvalue weighted by atomic mass is 16.5. The fraction of sp³-hybridized carbons (Fsp3) is 0.583. The van der Waals surface area contributed by atoms with Gasteiger partial charge in [-0.25, -0.2) is 0 Å². The van der Waals surface area contributed by atoms with Crippen LogP contribution >= 0.6 is 0 Å². The van der Waals surface area contributed by atoms with Crippen molar-refractivity contribution in [2.45, 2.75) is 31.7 Å². The van der Waals surface area contributed by atoms with Crippen LogP contribution in [0, 0.1) is 12.3 Å². The summed E-state index contributed by atoms with van der Waals surface area (Å²) < 4.78 is 5.08. The molecule has 6 nitrogen and oxygen atoms in total. The zero-order valence-corrected chi connectivity index (χ0v) is 10.1. The van der Waals surface area contributed by atoms with E-state index in [1.54, 1.807) is 0 Å². The molecule has 18 heavy (non-hydrogen) atoms. The van der Waals surface area contributed by atoms with Crippen molar-refractivity contribution in [1.29, 1.82) is 0 Å². The Morgan fingerprint density at radius 2 is 2.56 bits per heavy atom. The number of unbranched alkanes of at least 4 members (excludes halogenated alkanes) is 1. The van der Waals surface area contributed by atoms with E-state index in [1.165, 1.54) is 0 Å². The molecule has 0 saturated carbocycles. The number of carbonyl (C=O) groups is 1. The summed E-state index contributed by atoms with van der Waals surface area (Å²) in [7, 11) is 0. The Morgan fingerprint density at radius 3 is 3.28 bits per heavy atom. The Labute approximate surface area is 106 Å². The largest absolute Gasteiger partial charge is 0.349 e. The van der Waals surface area contributed by atoms with Crippen molar-refractivity contribution in [3.05, 3.63) is 11.7 Å². The lowest BCUT2D eigenvalue weighted by atomic mass is 10.2. The number of amides is 1. The smallest absolute Gasteiger partial charge is 0.292 e. The molecule has 1 aliphatic rings. The van der Waals surface area contributed by atoms with Gasteiger partial charge in [-0.15, -0.1) is 12.3 Å². The second-order valence-corrected chi connectivity index (χ2v) is 4.17. The van der Waals surface area contributed by atoms with Crippen molar-refractivity contribution in [2.24, 2.45) is 0 Å². The van der Waals surface area contributed by atoms with Gasteiger partial charge in [-0.2, -0.15) is 4.98 Å². The first kappa shape index (κ1) is 12.6. The molecule has 1 unspecified atom stereocenters. The normalized spacial score (nSPS) is 18.5. The predicted octanol–water partition coefficient (Wildman–Crippen LogP) is 0.637. The van der Waals surface area contributed by atoms with Crippen LogP contribution in [0.3, 0.4) is 0 Å². The van der Waals surface area contributed by atoms with E-state index in [1.807, 2.05) is 0 Å². The van der Waals surface area contributed by atoms with Gasteiger partial charge in [0.15, 0.2) is 0 Å². The number of carbonyl (C=O) groups excluding carboxylic acids is 1. The van der Waals surface area contributed by atoms with E-state index in [9.17, 15) is 4.79 Å². The molecule has 2 rings (SSSR count). The molecular formula is C12H16N4O2. The minimum Gasteiger partial charge on any atom is -0.349 e. The minimum absolute atomic E-state index is 0.0828. The van der Waals surface area contributed by atoms with Crippen LogP contribution in [-0.2, 0) is 0 Å². The third-order valence-corrected chi connectivity index (χ3v) is 2.79. The lowest BCUT2D eigenvalue weighted by molar-refractivity contribution is 0.0940. The first-order chi connectivity index (χ1) is 8.81. The van der Waals surface area contributed by atoms with Crippen LogP contribution in [-0.4, -0.2) is 29.1 Å². The Kier molecular flexibility index (Phi) is 4.31. The first-order valence-corrected chi connectivity index (χ1v) is 6.10. The fourth-order valence-electron chi connectivity index (χ4n) is 1.84. The molecule has 1 fully saturated rings. The molecule has 2 heterocycles. The number of rotatable bonds is 5. The van der Waals surface area contributed by atoms with Crippen molar-refractivity contribution in [1.82, 2.24) is 20.8 Å². The maximum absolute atomic E-state index is 11.7. The molecule has 1 saturated heterocycles. The second-order valence-electron chi connectivity index (χ2n) is 4.17. The maximum Gasteiger partial charge on any atom is 0.292 e. The van der Waals surface area contributed by atoms with Gasteiger partial charge in [-0.1, -0.05) is 5.16 Å². The maximum atomic E-state index is 11.7. The highest BCUT2D eigenvalue weighted by molar-refractivity contribution is 5.90. The van der Waals surface area contributed by atoms with Gasteiger partial charge in [0, 0.05) is 13.0 Å². The molecule has 0 spiro atoms. The summed E-state index contributed by atoms with van der Waals surface area (Å²) in [6.45, 7) is 1.47. The van der Waals surface area contributed by atoms with E-state index in [2.05, 4.69) is 26.7 Å². The first-order valence-electron chi connectivity index (χ1n) is 6.10. The Bertz CT molecular complexity index is 443. The molecule has 0 radical (unpaired) electrons. The van der Waals surface area contributed by atoms with E-state index < -0.39 is 0 Å². The van der Waals surface area contributed by atoms with E-state index in [4.69, 9.17) is 10.9 Å². The molecule has 1 aliphatic heterocycles. The van der Waals surface area contributed by atoms with Gasteiger partial charge in [0.25, 0.3) is 11.7 Å². The summed E-state index contributed by atoms with van der Waals surface area (Å²) in [4.78, 5) is 15.8. The standard InChI is InChI=1S/C12H16N4O2/c1-2-3-4-7-14-11(17)10-15-12(18-16-10)9-6-5-8-13-9/h1,9,13H,3-8H2,(H,14,17). The molecule has 0 aliphatic carbocycles. The highest BCUT2D eigenvalue weighted by Gasteiger charge is 2.24. The van der Waals surface area contributed by atoms with Gasteiger partial charge < -0.3 is 15.2 Å². The SMILES string of the molecule is C#CCCCNC(=O)c1noc(C2CCCN2)n1. The third-order valence-electron chi connectivity index (χ3n) is 2.79. The van der Waals surface area contributed by atoms with Crippen LogP contribution in [0.25, 0.3) is 0 Å². The fourth-order valence-corrected chi connectivity index (χ4v) is 1.84. The number of aromatic nitrogens is 2. The van der Waals surface area contributed by atoms with Gasteiger partial charge in [0.2, 0.25) is 5.89 Å². The number of nitrogens with zero attached hydrogens (tertiary/aromatic N) is 2. The summed E-state index contributed by atoms with van der Waals surface area (Å²) >= 11 is 0. The van der Waals surface area contributed by atoms with Gasteiger partial charge in [-0.3, -0.25) is 4.79 Å². The van der Waals surface area contributed by atoms with Crippen LogP contribution in [0.4, 0.5) is 0 Å². The van der Waals surface area contributed by atoms with Crippen LogP contribution in [0.15, 0.2) is 4.52 Å². The summed E-state index contributed by atoms with van der Waals surface area (Å²) in [5.41, 5.74) is 0. The molecule has 1 atom stereocenters.